The van der Waals surface area contributed by atoms with E-state index in [1.165, 1.54) is 19.5 Å². The second kappa shape index (κ2) is 5.08. The van der Waals surface area contributed by atoms with Crippen LogP contribution in [-0.4, -0.2) is 54.3 Å². The lowest BCUT2D eigenvalue weighted by Crippen LogP contribution is -2.51. The van der Waals surface area contributed by atoms with Crippen LogP contribution in [0, 0.1) is 0 Å². The number of piperazine rings is 1. The van der Waals surface area contributed by atoms with Crippen molar-refractivity contribution in [1.29, 1.82) is 0 Å². The van der Waals surface area contributed by atoms with Gasteiger partial charge < -0.3 is 4.90 Å². The Bertz CT molecular complexity index is 222. The Morgan fingerprint density at radius 3 is 2.60 bits per heavy atom. The molecule has 0 spiro atoms. The Hall–Kier alpha value is -0.410. The van der Waals surface area contributed by atoms with Crippen molar-refractivity contribution in [1.82, 2.24) is 9.80 Å². The summed E-state index contributed by atoms with van der Waals surface area (Å²) in [5.74, 6) is 0.476. The number of hydrogen-bond donors (Lipinski definition) is 0. The van der Waals surface area contributed by atoms with Crippen molar-refractivity contribution in [2.75, 3.05) is 32.7 Å². The molecule has 0 aromatic carbocycles. The Labute approximate surface area is 92.4 Å². The van der Waals surface area contributed by atoms with Crippen molar-refractivity contribution in [2.45, 2.75) is 38.6 Å². The SMILES string of the molecule is CCN1CCN(C2CCCC(=O)C2)CC1. The van der Waals surface area contributed by atoms with Gasteiger partial charge in [0.15, 0.2) is 0 Å². The molecule has 15 heavy (non-hydrogen) atoms. The lowest BCUT2D eigenvalue weighted by atomic mass is 9.93. The number of Topliss-reactive ketones (excluding diaryl/α,β-unsaturated/α-hetero) is 1. The highest BCUT2D eigenvalue weighted by Crippen LogP contribution is 2.21. The number of likely N-dealkylation sites (N-methyl/N-ethyl adjacent to an activating group) is 1. The summed E-state index contributed by atoms with van der Waals surface area (Å²) in [4.78, 5) is 16.4. The minimum absolute atomic E-state index is 0.476. The van der Waals surface area contributed by atoms with Gasteiger partial charge in [0.05, 0.1) is 0 Å². The molecular weight excluding hydrogens is 188 g/mol. The predicted molar refractivity (Wildman–Crippen MR) is 61.0 cm³/mol. The van der Waals surface area contributed by atoms with Gasteiger partial charge >= 0.3 is 0 Å². The molecule has 1 saturated carbocycles. The molecule has 0 N–H and O–H groups in total. The largest absolute Gasteiger partial charge is 0.301 e. The van der Waals surface area contributed by atoms with E-state index in [1.807, 2.05) is 0 Å². The van der Waals surface area contributed by atoms with E-state index < -0.39 is 0 Å². The average molecular weight is 210 g/mol. The summed E-state index contributed by atoms with van der Waals surface area (Å²) < 4.78 is 0. The predicted octanol–water partition coefficient (Wildman–Crippen LogP) is 1.14. The fourth-order valence-electron chi connectivity index (χ4n) is 2.76. The Balaban J connectivity index is 1.81. The molecule has 3 heteroatoms. The zero-order chi connectivity index (χ0) is 10.7. The summed E-state index contributed by atoms with van der Waals surface area (Å²) in [5.41, 5.74) is 0. The van der Waals surface area contributed by atoms with Gasteiger partial charge in [-0.2, -0.15) is 0 Å². The van der Waals surface area contributed by atoms with E-state index in [0.717, 1.165) is 38.9 Å². The minimum Gasteiger partial charge on any atom is -0.301 e. The molecule has 0 aromatic heterocycles. The highest BCUT2D eigenvalue weighted by Gasteiger charge is 2.27. The molecular formula is C12H22N2O. The summed E-state index contributed by atoms with van der Waals surface area (Å²) in [7, 11) is 0. The van der Waals surface area contributed by atoms with Crippen molar-refractivity contribution in [3.8, 4) is 0 Å². The van der Waals surface area contributed by atoms with Gasteiger partial charge in [0, 0.05) is 45.1 Å². The van der Waals surface area contributed by atoms with Crippen LogP contribution in [-0.2, 0) is 4.79 Å². The van der Waals surface area contributed by atoms with Crippen LogP contribution in [0.5, 0.6) is 0 Å². The maximum atomic E-state index is 11.4. The summed E-state index contributed by atoms with van der Waals surface area (Å²) in [6.07, 6.45) is 3.98. The van der Waals surface area contributed by atoms with E-state index in [2.05, 4.69) is 16.7 Å². The maximum absolute atomic E-state index is 11.4. The van der Waals surface area contributed by atoms with Crippen molar-refractivity contribution < 1.29 is 4.79 Å². The van der Waals surface area contributed by atoms with Gasteiger partial charge in [-0.3, -0.25) is 9.69 Å². The third-order valence-electron chi connectivity index (χ3n) is 3.83. The van der Waals surface area contributed by atoms with Crippen LogP contribution in [0.3, 0.4) is 0 Å². The number of nitrogens with zero attached hydrogens (tertiary/aromatic N) is 2. The first-order chi connectivity index (χ1) is 7.29. The van der Waals surface area contributed by atoms with Crippen molar-refractivity contribution in [2.24, 2.45) is 0 Å². The molecule has 1 saturated heterocycles. The second-order valence-corrected chi connectivity index (χ2v) is 4.76. The molecule has 86 valence electrons. The first-order valence-electron chi connectivity index (χ1n) is 6.27. The van der Waals surface area contributed by atoms with Gasteiger partial charge in [0.1, 0.15) is 5.78 Å². The topological polar surface area (TPSA) is 23.6 Å². The van der Waals surface area contributed by atoms with E-state index in [1.54, 1.807) is 0 Å². The smallest absolute Gasteiger partial charge is 0.134 e. The summed E-state index contributed by atoms with van der Waals surface area (Å²) in [5, 5.41) is 0. The average Bonchev–Trinajstić information content (AvgIpc) is 2.29. The van der Waals surface area contributed by atoms with Crippen LogP contribution in [0.4, 0.5) is 0 Å². The van der Waals surface area contributed by atoms with E-state index in [-0.39, 0.29) is 0 Å². The van der Waals surface area contributed by atoms with Crippen LogP contribution in [0.25, 0.3) is 0 Å². The third-order valence-corrected chi connectivity index (χ3v) is 3.83. The molecule has 1 aliphatic heterocycles. The fourth-order valence-corrected chi connectivity index (χ4v) is 2.76. The fraction of sp³-hybridized carbons (Fsp3) is 0.917. The van der Waals surface area contributed by atoms with E-state index >= 15 is 0 Å². The standard InChI is InChI=1S/C12H22N2O/c1-2-13-6-8-14(9-7-13)11-4-3-5-12(15)10-11/h11H,2-10H2,1H3. The summed E-state index contributed by atoms with van der Waals surface area (Å²) >= 11 is 0. The normalized spacial score (nSPS) is 30.7. The number of hydrogen-bond acceptors (Lipinski definition) is 3. The second-order valence-electron chi connectivity index (χ2n) is 4.76. The van der Waals surface area contributed by atoms with Crippen LogP contribution in [0.15, 0.2) is 0 Å². The molecule has 0 amide bonds. The lowest BCUT2D eigenvalue weighted by molar-refractivity contribution is -0.122. The monoisotopic (exact) mass is 210 g/mol. The summed E-state index contributed by atoms with van der Waals surface area (Å²) in [6, 6.07) is 0.560. The molecule has 1 unspecified atom stereocenters. The molecule has 0 bridgehead atoms. The van der Waals surface area contributed by atoms with Gasteiger partial charge in [0.2, 0.25) is 0 Å². The first kappa shape index (κ1) is 11.1. The molecule has 0 aromatic rings. The van der Waals surface area contributed by atoms with Crippen molar-refractivity contribution >= 4 is 5.78 Å². The van der Waals surface area contributed by atoms with Crippen molar-refractivity contribution in [3.63, 3.8) is 0 Å². The number of carbonyl (C=O) groups is 1. The molecule has 1 heterocycles. The molecule has 2 aliphatic rings. The Kier molecular flexibility index (Phi) is 3.76. The first-order valence-corrected chi connectivity index (χ1v) is 6.27. The molecule has 2 fully saturated rings. The number of carbonyl (C=O) groups excluding carboxylic acids is 1. The molecule has 2 rings (SSSR count). The highest BCUT2D eigenvalue weighted by molar-refractivity contribution is 5.79. The van der Waals surface area contributed by atoms with Crippen LogP contribution < -0.4 is 0 Å². The van der Waals surface area contributed by atoms with Gasteiger partial charge in [-0.15, -0.1) is 0 Å². The highest BCUT2D eigenvalue weighted by atomic mass is 16.1. The van der Waals surface area contributed by atoms with Gasteiger partial charge in [-0.1, -0.05) is 6.92 Å². The molecule has 1 aliphatic carbocycles. The molecule has 1 atom stereocenters. The number of ketones is 1. The van der Waals surface area contributed by atoms with Crippen LogP contribution in [0.2, 0.25) is 0 Å². The van der Waals surface area contributed by atoms with Gasteiger partial charge in [0.25, 0.3) is 0 Å². The molecule has 0 radical (unpaired) electrons. The Morgan fingerprint density at radius 1 is 1.27 bits per heavy atom. The third kappa shape index (κ3) is 2.79. The zero-order valence-corrected chi connectivity index (χ0v) is 9.74. The quantitative estimate of drug-likeness (QED) is 0.683. The van der Waals surface area contributed by atoms with Crippen LogP contribution >= 0.6 is 0 Å². The van der Waals surface area contributed by atoms with E-state index in [0.29, 0.717) is 11.8 Å². The maximum Gasteiger partial charge on any atom is 0.134 e. The summed E-state index contributed by atoms with van der Waals surface area (Å²) in [6.45, 7) is 8.07. The Morgan fingerprint density at radius 2 is 2.00 bits per heavy atom. The van der Waals surface area contributed by atoms with Gasteiger partial charge in [-0.05, 0) is 19.4 Å². The van der Waals surface area contributed by atoms with Crippen molar-refractivity contribution in [3.05, 3.63) is 0 Å². The number of rotatable bonds is 2. The minimum atomic E-state index is 0.476. The van der Waals surface area contributed by atoms with Crippen LogP contribution in [0.1, 0.15) is 32.6 Å². The van der Waals surface area contributed by atoms with E-state index in [9.17, 15) is 4.79 Å². The van der Waals surface area contributed by atoms with Gasteiger partial charge in [-0.25, -0.2) is 0 Å². The van der Waals surface area contributed by atoms with E-state index in [4.69, 9.17) is 0 Å². The molecule has 3 nitrogen and oxygen atoms in total. The zero-order valence-electron chi connectivity index (χ0n) is 9.74. The lowest BCUT2D eigenvalue weighted by Gasteiger charge is -2.40.